The van der Waals surface area contributed by atoms with Gasteiger partial charge in [0, 0.05) is 7.11 Å². The minimum Gasteiger partial charge on any atom is -0.391 e. The van der Waals surface area contributed by atoms with Crippen molar-refractivity contribution in [1.82, 2.24) is 0 Å². The van der Waals surface area contributed by atoms with Gasteiger partial charge in [0.2, 0.25) is 0 Å². The molecule has 5 atom stereocenters. The molecule has 0 aliphatic rings. The average Bonchev–Trinajstić information content (AvgIpc) is 2.41. The van der Waals surface area contributed by atoms with Gasteiger partial charge in [-0.25, -0.2) is 0 Å². The first kappa shape index (κ1) is 19.8. The van der Waals surface area contributed by atoms with Gasteiger partial charge in [-0.05, 0) is 34.1 Å². The zero-order chi connectivity index (χ0) is 15.5. The van der Waals surface area contributed by atoms with Crippen molar-refractivity contribution in [2.75, 3.05) is 26.9 Å². The summed E-state index contributed by atoms with van der Waals surface area (Å²) in [6, 6.07) is 0. The first-order valence-corrected chi connectivity index (χ1v) is 7.46. The van der Waals surface area contributed by atoms with Crippen LogP contribution in [0.3, 0.4) is 0 Å². The topological polar surface area (TPSA) is 57.2 Å². The highest BCUT2D eigenvalue weighted by Gasteiger charge is 2.16. The fourth-order valence-corrected chi connectivity index (χ4v) is 1.78. The zero-order valence-electron chi connectivity index (χ0n) is 13.8. The van der Waals surface area contributed by atoms with Crippen LogP contribution in [-0.2, 0) is 18.9 Å². The number of methoxy groups -OCH3 is 1. The third-order valence-corrected chi connectivity index (χ3v) is 3.06. The number of aliphatic hydroxyl groups excluding tert-OH is 1. The smallest absolute Gasteiger partial charge is 0.0827 e. The highest BCUT2D eigenvalue weighted by Crippen LogP contribution is 2.08. The minimum absolute atomic E-state index is 0.00409. The van der Waals surface area contributed by atoms with Gasteiger partial charge in [0.05, 0.1) is 50.3 Å². The average molecular weight is 292 g/mol. The molecular formula is C15H32O5. The van der Waals surface area contributed by atoms with Crippen LogP contribution < -0.4 is 0 Å². The van der Waals surface area contributed by atoms with Crippen LogP contribution in [0, 0.1) is 0 Å². The Morgan fingerprint density at radius 3 is 1.80 bits per heavy atom. The predicted molar refractivity (Wildman–Crippen MR) is 79.0 cm³/mol. The summed E-state index contributed by atoms with van der Waals surface area (Å²) < 4.78 is 22.2. The molecule has 0 aliphatic carbocycles. The lowest BCUT2D eigenvalue weighted by Gasteiger charge is -2.24. The van der Waals surface area contributed by atoms with Gasteiger partial charge >= 0.3 is 0 Å². The molecule has 0 aromatic carbocycles. The van der Waals surface area contributed by atoms with E-state index < -0.39 is 6.10 Å². The van der Waals surface area contributed by atoms with Crippen molar-refractivity contribution >= 4 is 0 Å². The molecule has 5 nitrogen and oxygen atoms in total. The van der Waals surface area contributed by atoms with E-state index in [0.717, 1.165) is 6.42 Å². The van der Waals surface area contributed by atoms with Crippen LogP contribution in [0.2, 0.25) is 0 Å². The van der Waals surface area contributed by atoms with E-state index in [1.807, 2.05) is 20.8 Å². The van der Waals surface area contributed by atoms with Crippen molar-refractivity contribution in [3.05, 3.63) is 0 Å². The predicted octanol–water partition coefficient (Wildman–Crippen LogP) is 2.01. The molecule has 0 saturated heterocycles. The van der Waals surface area contributed by atoms with Crippen LogP contribution in [0.5, 0.6) is 0 Å². The maximum absolute atomic E-state index is 9.13. The molecule has 5 unspecified atom stereocenters. The third kappa shape index (κ3) is 9.66. The molecule has 0 saturated carbocycles. The number of aliphatic hydroxyl groups is 1. The Hall–Kier alpha value is -0.200. The van der Waals surface area contributed by atoms with Crippen LogP contribution >= 0.6 is 0 Å². The maximum Gasteiger partial charge on any atom is 0.0827 e. The van der Waals surface area contributed by atoms with Crippen molar-refractivity contribution in [1.29, 1.82) is 0 Å². The van der Waals surface area contributed by atoms with Crippen molar-refractivity contribution < 1.29 is 24.1 Å². The monoisotopic (exact) mass is 292 g/mol. The fourth-order valence-electron chi connectivity index (χ4n) is 1.78. The lowest BCUT2D eigenvalue weighted by atomic mass is 10.2. The van der Waals surface area contributed by atoms with Crippen LogP contribution in [-0.4, -0.2) is 62.6 Å². The normalized spacial score (nSPS) is 19.4. The summed E-state index contributed by atoms with van der Waals surface area (Å²) in [5.41, 5.74) is 0. The summed E-state index contributed by atoms with van der Waals surface area (Å²) in [6.07, 6.45) is 0.628. The summed E-state index contributed by atoms with van der Waals surface area (Å²) in [6.45, 7) is 11.0. The lowest BCUT2D eigenvalue weighted by molar-refractivity contribution is -0.0998. The van der Waals surface area contributed by atoms with Crippen molar-refractivity contribution in [3.63, 3.8) is 0 Å². The molecule has 0 radical (unpaired) electrons. The summed E-state index contributed by atoms with van der Waals surface area (Å²) in [5.74, 6) is 0. The van der Waals surface area contributed by atoms with Gasteiger partial charge in [-0.1, -0.05) is 6.92 Å². The second-order valence-corrected chi connectivity index (χ2v) is 5.36. The van der Waals surface area contributed by atoms with Crippen LogP contribution in [0.1, 0.15) is 41.0 Å². The van der Waals surface area contributed by atoms with E-state index in [-0.39, 0.29) is 24.4 Å². The maximum atomic E-state index is 9.13. The van der Waals surface area contributed by atoms with Crippen molar-refractivity contribution in [2.24, 2.45) is 0 Å². The van der Waals surface area contributed by atoms with Crippen molar-refractivity contribution in [3.8, 4) is 0 Å². The molecule has 0 amide bonds. The van der Waals surface area contributed by atoms with Crippen LogP contribution in [0.25, 0.3) is 0 Å². The molecule has 0 aromatic heterocycles. The Kier molecular flexibility index (Phi) is 11.3. The van der Waals surface area contributed by atoms with Crippen LogP contribution in [0.4, 0.5) is 0 Å². The van der Waals surface area contributed by atoms with E-state index in [4.69, 9.17) is 24.1 Å². The van der Waals surface area contributed by atoms with E-state index in [1.54, 1.807) is 14.0 Å². The number of ether oxygens (including phenoxy) is 4. The molecule has 0 heterocycles. The van der Waals surface area contributed by atoms with Gasteiger partial charge in [0.15, 0.2) is 0 Å². The van der Waals surface area contributed by atoms with Gasteiger partial charge in [0.1, 0.15) is 0 Å². The summed E-state index contributed by atoms with van der Waals surface area (Å²) >= 11 is 0. The molecule has 122 valence electrons. The van der Waals surface area contributed by atoms with Gasteiger partial charge in [-0.15, -0.1) is 0 Å². The molecular weight excluding hydrogens is 260 g/mol. The van der Waals surface area contributed by atoms with E-state index in [2.05, 4.69) is 6.92 Å². The van der Waals surface area contributed by atoms with Gasteiger partial charge in [-0.3, -0.25) is 0 Å². The number of hydrogen-bond acceptors (Lipinski definition) is 5. The zero-order valence-corrected chi connectivity index (χ0v) is 13.8. The highest BCUT2D eigenvalue weighted by molar-refractivity contribution is 4.64. The molecule has 1 N–H and O–H groups in total. The Morgan fingerprint density at radius 1 is 0.850 bits per heavy atom. The molecule has 0 fully saturated rings. The van der Waals surface area contributed by atoms with E-state index in [0.29, 0.717) is 19.8 Å². The van der Waals surface area contributed by atoms with Gasteiger partial charge < -0.3 is 24.1 Å². The largest absolute Gasteiger partial charge is 0.391 e. The number of rotatable bonds is 12. The van der Waals surface area contributed by atoms with E-state index in [1.165, 1.54) is 0 Å². The van der Waals surface area contributed by atoms with Gasteiger partial charge in [-0.2, -0.15) is 0 Å². The molecule has 0 spiro atoms. The van der Waals surface area contributed by atoms with Crippen molar-refractivity contribution in [2.45, 2.75) is 71.6 Å². The molecule has 0 bridgehead atoms. The Labute approximate surface area is 123 Å². The second-order valence-electron chi connectivity index (χ2n) is 5.36. The standard InChI is InChI=1S/C15H32O5/c1-7-15(17-6)14(5)20-10-13(4)19-9-12(3)18-8-11(2)16/h11-16H,7-10H2,1-6H3. The summed E-state index contributed by atoms with van der Waals surface area (Å²) in [7, 11) is 1.70. The Morgan fingerprint density at radius 2 is 1.35 bits per heavy atom. The third-order valence-electron chi connectivity index (χ3n) is 3.06. The van der Waals surface area contributed by atoms with E-state index >= 15 is 0 Å². The molecule has 0 aromatic rings. The molecule has 0 rings (SSSR count). The highest BCUT2D eigenvalue weighted by atomic mass is 16.6. The SMILES string of the molecule is CCC(OC)C(C)OCC(C)OCC(C)OCC(C)O. The van der Waals surface area contributed by atoms with Gasteiger partial charge in [0.25, 0.3) is 0 Å². The summed E-state index contributed by atoms with van der Waals surface area (Å²) in [4.78, 5) is 0. The Balaban J connectivity index is 3.74. The first-order valence-electron chi connectivity index (χ1n) is 7.46. The summed E-state index contributed by atoms with van der Waals surface area (Å²) in [5, 5.41) is 9.13. The molecule has 20 heavy (non-hydrogen) atoms. The molecule has 0 aliphatic heterocycles. The first-order chi connectivity index (χ1) is 9.40. The Bertz CT molecular complexity index is 218. The fraction of sp³-hybridized carbons (Fsp3) is 1.00. The quantitative estimate of drug-likeness (QED) is 0.596. The number of hydrogen-bond donors (Lipinski definition) is 1. The molecule has 5 heteroatoms. The van der Waals surface area contributed by atoms with E-state index in [9.17, 15) is 0 Å². The second kappa shape index (κ2) is 11.5. The minimum atomic E-state index is -0.445. The van der Waals surface area contributed by atoms with Crippen LogP contribution in [0.15, 0.2) is 0 Å². The lowest BCUT2D eigenvalue weighted by Crippen LogP contribution is -2.31.